The first-order chi connectivity index (χ1) is 9.16. The van der Waals surface area contributed by atoms with Crippen LogP contribution < -0.4 is 0 Å². The van der Waals surface area contributed by atoms with Crippen molar-refractivity contribution in [1.29, 1.82) is 0 Å². The summed E-state index contributed by atoms with van der Waals surface area (Å²) in [6.45, 7) is 3.69. The van der Waals surface area contributed by atoms with E-state index in [0.717, 1.165) is 24.2 Å². The third kappa shape index (κ3) is 4.01. The Morgan fingerprint density at radius 2 is 2.05 bits per heavy atom. The first-order valence-corrected chi connectivity index (χ1v) is 7.39. The van der Waals surface area contributed by atoms with Crippen molar-refractivity contribution < 1.29 is 4.79 Å². The average molecular weight is 273 g/mol. The largest absolute Gasteiger partial charge is 0.302 e. The summed E-state index contributed by atoms with van der Waals surface area (Å²) in [5, 5.41) is 4.24. The van der Waals surface area contributed by atoms with E-state index in [1.165, 1.54) is 5.56 Å². The van der Waals surface area contributed by atoms with Gasteiger partial charge in [0.1, 0.15) is 0 Å². The summed E-state index contributed by atoms with van der Waals surface area (Å²) in [4.78, 5) is 14.3. The number of benzene rings is 1. The quantitative estimate of drug-likeness (QED) is 0.747. The summed E-state index contributed by atoms with van der Waals surface area (Å²) in [5.74, 6) is 0.232. The fourth-order valence-corrected chi connectivity index (χ4v) is 2.75. The summed E-state index contributed by atoms with van der Waals surface area (Å²) in [7, 11) is 2.06. The third-order valence-corrected chi connectivity index (χ3v) is 3.93. The number of carbonyl (C=O) groups is 1. The molecule has 1 aromatic carbocycles. The predicted molar refractivity (Wildman–Crippen MR) is 80.8 cm³/mol. The molecule has 0 fully saturated rings. The molecule has 0 N–H and O–H groups in total. The Kier molecular flexibility index (Phi) is 4.88. The van der Waals surface area contributed by atoms with Crippen molar-refractivity contribution in [2.24, 2.45) is 0 Å². The highest BCUT2D eigenvalue weighted by Gasteiger charge is 2.09. The summed E-state index contributed by atoms with van der Waals surface area (Å²) in [6, 6.07) is 9.92. The van der Waals surface area contributed by atoms with E-state index in [1.807, 2.05) is 31.2 Å². The minimum atomic E-state index is 0.232. The number of Topliss-reactive ketones (excluding diaryl/α,β-unsaturated/α-hetero) is 1. The predicted octanol–water partition coefficient (Wildman–Crippen LogP) is 3.76. The highest BCUT2D eigenvalue weighted by atomic mass is 32.1. The van der Waals surface area contributed by atoms with E-state index in [9.17, 15) is 4.79 Å². The van der Waals surface area contributed by atoms with E-state index in [4.69, 9.17) is 0 Å². The second-order valence-electron chi connectivity index (χ2n) is 4.86. The lowest BCUT2D eigenvalue weighted by molar-refractivity contribution is 0.0967. The number of hydrogen-bond acceptors (Lipinski definition) is 3. The van der Waals surface area contributed by atoms with Crippen LogP contribution in [0.25, 0.3) is 0 Å². The average Bonchev–Trinajstić information content (AvgIpc) is 2.89. The molecule has 0 saturated heterocycles. The second-order valence-corrected chi connectivity index (χ2v) is 5.64. The van der Waals surface area contributed by atoms with Crippen molar-refractivity contribution >= 4 is 17.1 Å². The van der Waals surface area contributed by atoms with Gasteiger partial charge in [-0.05, 0) is 41.9 Å². The second kappa shape index (κ2) is 6.64. The Morgan fingerprint density at radius 1 is 1.26 bits per heavy atom. The standard InChI is InChI=1S/C16H19NOS/c1-13-5-3-4-6-15(13)16(18)7-9-17(2)11-14-8-10-19-12-14/h3-6,8,10,12H,7,9,11H2,1-2H3. The van der Waals surface area contributed by atoms with Gasteiger partial charge in [-0.1, -0.05) is 24.3 Å². The van der Waals surface area contributed by atoms with Crippen molar-refractivity contribution in [3.05, 3.63) is 57.8 Å². The first-order valence-electron chi connectivity index (χ1n) is 6.45. The molecule has 1 heterocycles. The van der Waals surface area contributed by atoms with Crippen LogP contribution in [0.2, 0.25) is 0 Å². The Bertz CT molecular complexity index is 533. The number of rotatable bonds is 6. The summed E-state index contributed by atoms with van der Waals surface area (Å²) in [5.41, 5.74) is 3.23. The Hall–Kier alpha value is -1.45. The lowest BCUT2D eigenvalue weighted by atomic mass is 10.0. The highest BCUT2D eigenvalue weighted by Crippen LogP contribution is 2.12. The normalized spacial score (nSPS) is 10.9. The SMILES string of the molecule is Cc1ccccc1C(=O)CCN(C)Cc1ccsc1. The van der Waals surface area contributed by atoms with Gasteiger partial charge in [0.25, 0.3) is 0 Å². The maximum Gasteiger partial charge on any atom is 0.164 e. The van der Waals surface area contributed by atoms with Crippen molar-refractivity contribution in [1.82, 2.24) is 4.90 Å². The molecule has 2 aromatic rings. The molecule has 0 radical (unpaired) electrons. The summed E-state index contributed by atoms with van der Waals surface area (Å²) < 4.78 is 0. The molecule has 0 bridgehead atoms. The molecule has 2 rings (SSSR count). The van der Waals surface area contributed by atoms with Crippen LogP contribution in [0.3, 0.4) is 0 Å². The Balaban J connectivity index is 1.85. The number of nitrogens with zero attached hydrogens (tertiary/aromatic N) is 1. The molecule has 0 aliphatic heterocycles. The van der Waals surface area contributed by atoms with Crippen LogP contribution >= 0.6 is 11.3 Å². The fraction of sp³-hybridized carbons (Fsp3) is 0.312. The topological polar surface area (TPSA) is 20.3 Å². The van der Waals surface area contributed by atoms with Gasteiger partial charge in [-0.25, -0.2) is 0 Å². The van der Waals surface area contributed by atoms with E-state index < -0.39 is 0 Å². The molecule has 0 amide bonds. The zero-order chi connectivity index (χ0) is 13.7. The fourth-order valence-electron chi connectivity index (χ4n) is 2.09. The van der Waals surface area contributed by atoms with Crippen LogP contribution in [-0.4, -0.2) is 24.3 Å². The van der Waals surface area contributed by atoms with Crippen LogP contribution in [0.1, 0.15) is 27.9 Å². The molecule has 100 valence electrons. The lowest BCUT2D eigenvalue weighted by Crippen LogP contribution is -2.21. The van der Waals surface area contributed by atoms with Crippen molar-refractivity contribution in [2.45, 2.75) is 19.9 Å². The van der Waals surface area contributed by atoms with Gasteiger partial charge in [0.2, 0.25) is 0 Å². The molecular formula is C16H19NOS. The molecule has 19 heavy (non-hydrogen) atoms. The summed E-state index contributed by atoms with van der Waals surface area (Å²) in [6.07, 6.45) is 0.575. The number of thiophene rings is 1. The maximum absolute atomic E-state index is 12.1. The minimum absolute atomic E-state index is 0.232. The molecule has 0 saturated carbocycles. The van der Waals surface area contributed by atoms with Gasteiger partial charge >= 0.3 is 0 Å². The highest BCUT2D eigenvalue weighted by molar-refractivity contribution is 7.07. The number of aryl methyl sites for hydroxylation is 1. The molecule has 1 aromatic heterocycles. The van der Waals surface area contributed by atoms with Gasteiger partial charge in [0.15, 0.2) is 5.78 Å². The van der Waals surface area contributed by atoms with Crippen LogP contribution in [0, 0.1) is 6.92 Å². The lowest BCUT2D eigenvalue weighted by Gasteiger charge is -2.15. The minimum Gasteiger partial charge on any atom is -0.302 e. The van der Waals surface area contributed by atoms with Crippen molar-refractivity contribution in [3.8, 4) is 0 Å². The van der Waals surface area contributed by atoms with E-state index in [1.54, 1.807) is 11.3 Å². The van der Waals surface area contributed by atoms with Crippen molar-refractivity contribution in [2.75, 3.05) is 13.6 Å². The molecule has 2 nitrogen and oxygen atoms in total. The van der Waals surface area contributed by atoms with Gasteiger partial charge in [-0.15, -0.1) is 0 Å². The Labute approximate surface area is 118 Å². The zero-order valence-corrected chi connectivity index (χ0v) is 12.2. The van der Waals surface area contributed by atoms with Gasteiger partial charge in [-0.2, -0.15) is 11.3 Å². The smallest absolute Gasteiger partial charge is 0.164 e. The molecule has 0 spiro atoms. The van der Waals surface area contributed by atoms with E-state index in [-0.39, 0.29) is 5.78 Å². The third-order valence-electron chi connectivity index (χ3n) is 3.20. The number of hydrogen-bond donors (Lipinski definition) is 0. The molecule has 0 unspecified atom stereocenters. The monoisotopic (exact) mass is 273 g/mol. The van der Waals surface area contributed by atoms with Gasteiger partial charge in [-0.3, -0.25) is 4.79 Å². The molecule has 0 aliphatic carbocycles. The van der Waals surface area contributed by atoms with Gasteiger partial charge in [0, 0.05) is 25.1 Å². The Morgan fingerprint density at radius 3 is 2.74 bits per heavy atom. The van der Waals surface area contributed by atoms with Gasteiger partial charge < -0.3 is 4.90 Å². The summed E-state index contributed by atoms with van der Waals surface area (Å²) >= 11 is 1.71. The first kappa shape index (κ1) is 14.0. The molecule has 3 heteroatoms. The number of ketones is 1. The molecular weight excluding hydrogens is 254 g/mol. The number of carbonyl (C=O) groups excluding carboxylic acids is 1. The van der Waals surface area contributed by atoms with Crippen LogP contribution in [0.15, 0.2) is 41.1 Å². The van der Waals surface area contributed by atoms with Crippen molar-refractivity contribution in [3.63, 3.8) is 0 Å². The van der Waals surface area contributed by atoms with E-state index in [0.29, 0.717) is 6.42 Å². The maximum atomic E-state index is 12.1. The molecule has 0 atom stereocenters. The van der Waals surface area contributed by atoms with E-state index in [2.05, 4.69) is 28.8 Å². The molecule has 0 aliphatic rings. The van der Waals surface area contributed by atoms with E-state index >= 15 is 0 Å². The van der Waals surface area contributed by atoms with Crippen LogP contribution in [0.4, 0.5) is 0 Å². The zero-order valence-electron chi connectivity index (χ0n) is 11.4. The van der Waals surface area contributed by atoms with Crippen LogP contribution in [0.5, 0.6) is 0 Å². The van der Waals surface area contributed by atoms with Crippen LogP contribution in [-0.2, 0) is 6.54 Å². The van der Waals surface area contributed by atoms with Gasteiger partial charge in [0.05, 0.1) is 0 Å².